The van der Waals surface area contributed by atoms with Crippen LogP contribution in [0, 0.1) is 0 Å². The summed E-state index contributed by atoms with van der Waals surface area (Å²) in [6.45, 7) is -5.77. The van der Waals surface area contributed by atoms with Crippen LogP contribution in [0.4, 0.5) is 5.69 Å². The molecule has 3 heterocycles. The van der Waals surface area contributed by atoms with E-state index in [-0.39, 0.29) is 16.7 Å². The number of hydrogen-bond donors (Lipinski definition) is 7. The molecule has 3 aromatic rings. The van der Waals surface area contributed by atoms with E-state index in [4.69, 9.17) is 14.5 Å². The van der Waals surface area contributed by atoms with E-state index in [0.717, 1.165) is 21.8 Å². The van der Waals surface area contributed by atoms with Crippen LogP contribution in [0.2, 0.25) is 0 Å². The van der Waals surface area contributed by atoms with Crippen molar-refractivity contribution in [3.05, 3.63) is 52.8 Å². The van der Waals surface area contributed by atoms with Gasteiger partial charge in [-0.1, -0.05) is 12.1 Å². The summed E-state index contributed by atoms with van der Waals surface area (Å²) < 4.78 is 43.2. The number of aliphatic hydroxyl groups is 2. The number of carbonyl (C=O) groups excluding carboxylic acids is 1. The molecule has 0 bridgehead atoms. The number of nitrogens with zero attached hydrogens (tertiary/aromatic N) is 4. The Labute approximate surface area is 234 Å². The number of anilines is 1. The lowest BCUT2D eigenvalue weighted by Gasteiger charge is -2.19. The number of imidazole rings is 1. The Hall–Kier alpha value is -2.25. The fourth-order valence-corrected chi connectivity index (χ4v) is 7.62. The number of aliphatic hydroxyl groups excluding tert-OH is 2. The molecule has 6 atom stereocenters. The number of phosphoric acid groups is 2. The Bertz CT molecular complexity index is 1680. The lowest BCUT2D eigenvalue weighted by molar-refractivity contribution is -0.0503. The second kappa shape index (κ2) is 11.8. The molecule has 4 rings (SSSR count). The van der Waals surface area contributed by atoms with Crippen LogP contribution in [-0.2, 0) is 38.8 Å². The molecule has 1 aliphatic rings. The molecule has 0 saturated carbocycles. The number of carbonyl (C=O) groups is 1. The maximum absolute atomic E-state index is 13.1. The van der Waals surface area contributed by atoms with Crippen LogP contribution in [0.5, 0.6) is 0 Å². The molecule has 0 radical (unpaired) electrons. The van der Waals surface area contributed by atoms with Crippen LogP contribution in [-0.4, -0.2) is 86.8 Å². The van der Waals surface area contributed by atoms with E-state index >= 15 is 0 Å². The zero-order chi connectivity index (χ0) is 30.3. The topological polar surface area (TPSA) is 274 Å². The molecule has 1 saturated heterocycles. The molecule has 23 heteroatoms. The number of phosphoric ester groups is 1. The van der Waals surface area contributed by atoms with E-state index < -0.39 is 65.0 Å². The molecule has 1 fully saturated rings. The number of benzene rings is 1. The third-order valence-corrected chi connectivity index (χ3v) is 9.96. The Morgan fingerprint density at radius 3 is 2.41 bits per heavy atom. The van der Waals surface area contributed by atoms with Gasteiger partial charge in [0.25, 0.3) is 11.5 Å². The quantitative estimate of drug-likeness (QED) is 0.134. The van der Waals surface area contributed by atoms with Crippen LogP contribution in [0.3, 0.4) is 0 Å². The standard InChI is InChI=1S/C18H22N5O14P3S/c1-19-10-5-3-2-4-9(10)16(26)23-8-21-15-12(17(23)27)20-7-22(15)18-14(25)13(24)11(35-18)6-34-38(28,29)36-39(30,31)37-40(32,33)41/h2-5,7-8,11,13-14,18-19,24-25H,6H2,1H3,(H,28,29)(H,30,31)(H2,32,33,41)/t11-,13-,14-,18-/m1/s1. The monoisotopic (exact) mass is 657 g/mol. The van der Waals surface area contributed by atoms with Crippen molar-refractivity contribution in [1.82, 2.24) is 19.1 Å². The van der Waals surface area contributed by atoms with Crippen LogP contribution >= 0.6 is 22.4 Å². The van der Waals surface area contributed by atoms with Crippen molar-refractivity contribution in [3.8, 4) is 0 Å². The summed E-state index contributed by atoms with van der Waals surface area (Å²) in [4.78, 5) is 71.1. The van der Waals surface area contributed by atoms with Gasteiger partial charge in [0.15, 0.2) is 17.4 Å². The Kier molecular flexibility index (Phi) is 9.11. The normalized spacial score (nSPS) is 24.2. The fraction of sp³-hybridized carbons (Fsp3) is 0.333. The number of para-hydroxylation sites is 1. The highest BCUT2D eigenvalue weighted by Crippen LogP contribution is 2.66. The number of aromatic nitrogens is 4. The molecule has 0 amide bonds. The van der Waals surface area contributed by atoms with Crippen molar-refractivity contribution in [3.63, 3.8) is 0 Å². The zero-order valence-corrected chi connectivity index (χ0v) is 24.0. The van der Waals surface area contributed by atoms with Gasteiger partial charge in [0, 0.05) is 12.7 Å². The van der Waals surface area contributed by atoms with E-state index in [2.05, 4.69) is 40.2 Å². The highest BCUT2D eigenvalue weighted by Gasteiger charge is 2.46. The van der Waals surface area contributed by atoms with Crippen LogP contribution in [0.15, 0.2) is 41.7 Å². The minimum absolute atomic E-state index is 0.142. The maximum Gasteiger partial charge on any atom is 0.488 e. The first-order valence-electron chi connectivity index (χ1n) is 11.1. The molecular formula is C18H22N5O14P3S. The average Bonchev–Trinajstić information content (AvgIpc) is 3.41. The van der Waals surface area contributed by atoms with Gasteiger partial charge in [0.05, 0.1) is 18.5 Å². The fourth-order valence-electron chi connectivity index (χ4n) is 3.83. The molecule has 1 aliphatic heterocycles. The molecular weight excluding hydrogens is 635 g/mol. The van der Waals surface area contributed by atoms with Crippen LogP contribution in [0.1, 0.15) is 16.6 Å². The number of hydrogen-bond acceptors (Lipinski definition) is 14. The van der Waals surface area contributed by atoms with E-state index in [1.807, 2.05) is 0 Å². The summed E-state index contributed by atoms with van der Waals surface area (Å²) in [6.07, 6.45) is -4.51. The zero-order valence-electron chi connectivity index (χ0n) is 20.5. The number of ether oxygens (including phenoxy) is 1. The minimum Gasteiger partial charge on any atom is -0.387 e. The summed E-state index contributed by atoms with van der Waals surface area (Å²) in [5.41, 5.74) is -0.623. The smallest absolute Gasteiger partial charge is 0.387 e. The molecule has 224 valence electrons. The van der Waals surface area contributed by atoms with E-state index in [1.54, 1.807) is 25.2 Å². The van der Waals surface area contributed by atoms with Gasteiger partial charge in [0.2, 0.25) is 0 Å². The Balaban J connectivity index is 1.52. The molecule has 1 aromatic carbocycles. The van der Waals surface area contributed by atoms with Crippen LogP contribution < -0.4 is 10.9 Å². The average molecular weight is 657 g/mol. The Morgan fingerprint density at radius 2 is 1.76 bits per heavy atom. The van der Waals surface area contributed by atoms with Crippen molar-refractivity contribution in [2.75, 3.05) is 19.0 Å². The third-order valence-electron chi connectivity index (χ3n) is 5.56. The first kappa shape index (κ1) is 31.7. The molecule has 7 N–H and O–H groups in total. The molecule has 19 nitrogen and oxygen atoms in total. The first-order chi connectivity index (χ1) is 19.0. The van der Waals surface area contributed by atoms with Crippen molar-refractivity contribution in [2.45, 2.75) is 24.5 Å². The van der Waals surface area contributed by atoms with E-state index in [0.29, 0.717) is 5.69 Å². The van der Waals surface area contributed by atoms with Gasteiger partial charge in [-0.05, 0) is 23.9 Å². The van der Waals surface area contributed by atoms with E-state index in [9.17, 15) is 38.7 Å². The number of nitrogens with one attached hydrogen (secondary N) is 1. The summed E-state index contributed by atoms with van der Waals surface area (Å²) in [5.74, 6) is -0.694. The molecule has 2 unspecified atom stereocenters. The van der Waals surface area contributed by atoms with Gasteiger partial charge in [0.1, 0.15) is 24.6 Å². The highest BCUT2D eigenvalue weighted by atomic mass is 32.5. The van der Waals surface area contributed by atoms with Crippen molar-refractivity contribution >= 4 is 56.9 Å². The second-order valence-electron chi connectivity index (χ2n) is 8.28. The highest BCUT2D eigenvalue weighted by molar-refractivity contribution is 8.08. The maximum atomic E-state index is 13.1. The molecule has 0 aliphatic carbocycles. The van der Waals surface area contributed by atoms with Gasteiger partial charge < -0.3 is 39.8 Å². The third kappa shape index (κ3) is 7.05. The predicted octanol–water partition coefficient (Wildman–Crippen LogP) is -0.598. The lowest BCUT2D eigenvalue weighted by Crippen LogP contribution is -2.33. The number of fused-ring (bicyclic) bond motifs is 1. The van der Waals surface area contributed by atoms with Gasteiger partial charge in [-0.15, -0.1) is 0 Å². The Morgan fingerprint density at radius 1 is 1.07 bits per heavy atom. The predicted molar refractivity (Wildman–Crippen MR) is 140 cm³/mol. The summed E-state index contributed by atoms with van der Waals surface area (Å²) in [6, 6.07) is 6.45. The minimum atomic E-state index is -5.57. The van der Waals surface area contributed by atoms with Crippen molar-refractivity contribution < 1.29 is 61.6 Å². The second-order valence-corrected chi connectivity index (χ2v) is 14.1. The van der Waals surface area contributed by atoms with Crippen molar-refractivity contribution in [2.24, 2.45) is 0 Å². The van der Waals surface area contributed by atoms with Gasteiger partial charge in [-0.2, -0.15) is 4.31 Å². The SMILES string of the molecule is CNc1ccccc1C(=O)n1cnc2c(ncn2[C@@H]2O[C@H](COP(=O)(O)OP(=O)(O)OP(O)(O)=S)[C@@H](O)[C@H]2O)c1=O. The van der Waals surface area contributed by atoms with E-state index in [1.165, 1.54) is 6.07 Å². The molecule has 0 spiro atoms. The molecule has 2 aromatic heterocycles. The summed E-state index contributed by atoms with van der Waals surface area (Å²) in [5, 5.41) is 23.8. The van der Waals surface area contributed by atoms with Crippen LogP contribution in [0.25, 0.3) is 11.2 Å². The summed E-state index contributed by atoms with van der Waals surface area (Å²) >= 11 is 3.99. The molecule has 41 heavy (non-hydrogen) atoms. The lowest BCUT2D eigenvalue weighted by atomic mass is 10.1. The first-order valence-corrected chi connectivity index (χ1v) is 16.7. The van der Waals surface area contributed by atoms with Crippen molar-refractivity contribution in [1.29, 1.82) is 0 Å². The summed E-state index contributed by atoms with van der Waals surface area (Å²) in [7, 11) is -9.41. The van der Waals surface area contributed by atoms with Gasteiger partial charge in [-0.25, -0.2) is 28.0 Å². The van der Waals surface area contributed by atoms with Gasteiger partial charge >= 0.3 is 22.4 Å². The number of rotatable bonds is 10. The van der Waals surface area contributed by atoms with Gasteiger partial charge in [-0.3, -0.25) is 18.7 Å². The largest absolute Gasteiger partial charge is 0.488 e.